The quantitative estimate of drug-likeness (QED) is 0.632. The van der Waals surface area contributed by atoms with E-state index in [1.807, 2.05) is 43.3 Å². The molecule has 0 heterocycles. The Morgan fingerprint density at radius 2 is 2.00 bits per heavy atom. The van der Waals surface area contributed by atoms with Gasteiger partial charge in [-0.2, -0.15) is 0 Å². The number of benzene rings is 1. The SMILES string of the molecule is CCOC(=O)/C=C/[C@H](C)[C@H](O)/C=C/c1ccccc1. The topological polar surface area (TPSA) is 46.5 Å². The van der Waals surface area contributed by atoms with Crippen molar-refractivity contribution in [3.8, 4) is 0 Å². The fourth-order valence-electron chi connectivity index (χ4n) is 1.48. The molecule has 0 amide bonds. The van der Waals surface area contributed by atoms with Crippen LogP contribution in [0.25, 0.3) is 6.08 Å². The highest BCUT2D eigenvalue weighted by Crippen LogP contribution is 2.09. The van der Waals surface area contributed by atoms with Gasteiger partial charge in [-0.05, 0) is 12.5 Å². The van der Waals surface area contributed by atoms with Crippen LogP contribution in [0.4, 0.5) is 0 Å². The minimum atomic E-state index is -0.633. The summed E-state index contributed by atoms with van der Waals surface area (Å²) in [6, 6.07) is 9.75. The number of carbonyl (C=O) groups is 1. The van der Waals surface area contributed by atoms with Crippen molar-refractivity contribution < 1.29 is 14.6 Å². The molecule has 0 aliphatic carbocycles. The summed E-state index contributed by atoms with van der Waals surface area (Å²) in [6.07, 6.45) is 5.95. The molecular formula is C16H20O3. The highest BCUT2D eigenvalue weighted by molar-refractivity contribution is 5.81. The van der Waals surface area contributed by atoms with Gasteiger partial charge in [-0.1, -0.05) is 55.5 Å². The van der Waals surface area contributed by atoms with E-state index in [9.17, 15) is 9.90 Å². The van der Waals surface area contributed by atoms with Gasteiger partial charge in [0.05, 0.1) is 12.7 Å². The molecule has 0 unspecified atom stereocenters. The molecule has 0 saturated carbocycles. The number of hydrogen-bond acceptors (Lipinski definition) is 3. The average molecular weight is 260 g/mol. The van der Waals surface area contributed by atoms with E-state index in [0.29, 0.717) is 6.61 Å². The van der Waals surface area contributed by atoms with Gasteiger partial charge < -0.3 is 9.84 Å². The highest BCUT2D eigenvalue weighted by Gasteiger charge is 2.08. The van der Waals surface area contributed by atoms with Crippen molar-refractivity contribution in [1.82, 2.24) is 0 Å². The van der Waals surface area contributed by atoms with Crippen molar-refractivity contribution in [1.29, 1.82) is 0 Å². The minimum Gasteiger partial charge on any atom is -0.463 e. The third kappa shape index (κ3) is 6.02. The lowest BCUT2D eigenvalue weighted by Gasteiger charge is -2.10. The smallest absolute Gasteiger partial charge is 0.330 e. The molecule has 2 atom stereocenters. The van der Waals surface area contributed by atoms with Crippen LogP contribution in [0.15, 0.2) is 48.6 Å². The molecule has 1 aromatic rings. The normalized spacial score (nSPS) is 14.7. The molecule has 0 saturated heterocycles. The van der Waals surface area contributed by atoms with Gasteiger partial charge >= 0.3 is 5.97 Å². The monoisotopic (exact) mass is 260 g/mol. The molecule has 19 heavy (non-hydrogen) atoms. The molecule has 0 radical (unpaired) electrons. The molecule has 0 spiro atoms. The van der Waals surface area contributed by atoms with Crippen molar-refractivity contribution in [2.24, 2.45) is 5.92 Å². The molecule has 0 bridgehead atoms. The number of aliphatic hydroxyl groups is 1. The highest BCUT2D eigenvalue weighted by atomic mass is 16.5. The lowest BCUT2D eigenvalue weighted by atomic mass is 10.0. The second-order valence-corrected chi connectivity index (χ2v) is 4.23. The van der Waals surface area contributed by atoms with E-state index in [-0.39, 0.29) is 11.9 Å². The largest absolute Gasteiger partial charge is 0.463 e. The van der Waals surface area contributed by atoms with Gasteiger partial charge in [0.15, 0.2) is 0 Å². The Hall–Kier alpha value is -1.87. The van der Waals surface area contributed by atoms with Crippen LogP contribution in [0, 0.1) is 5.92 Å². The number of esters is 1. The summed E-state index contributed by atoms with van der Waals surface area (Å²) in [7, 11) is 0. The van der Waals surface area contributed by atoms with Crippen molar-refractivity contribution in [3.63, 3.8) is 0 Å². The maximum Gasteiger partial charge on any atom is 0.330 e. The van der Waals surface area contributed by atoms with Gasteiger partial charge in [-0.15, -0.1) is 0 Å². The van der Waals surface area contributed by atoms with E-state index < -0.39 is 6.10 Å². The Bertz CT molecular complexity index is 435. The molecule has 1 N–H and O–H groups in total. The van der Waals surface area contributed by atoms with Crippen molar-refractivity contribution in [2.75, 3.05) is 6.61 Å². The number of ether oxygens (including phenoxy) is 1. The first kappa shape index (κ1) is 15.2. The number of hydrogen-bond donors (Lipinski definition) is 1. The van der Waals surface area contributed by atoms with Crippen molar-refractivity contribution in [3.05, 3.63) is 54.1 Å². The van der Waals surface area contributed by atoms with Crippen LogP contribution in [0.1, 0.15) is 19.4 Å². The molecular weight excluding hydrogens is 240 g/mol. The summed E-state index contributed by atoms with van der Waals surface area (Å²) >= 11 is 0. The molecule has 1 rings (SSSR count). The van der Waals surface area contributed by atoms with Crippen LogP contribution in [0.3, 0.4) is 0 Å². The van der Waals surface area contributed by atoms with Crippen LogP contribution in [-0.2, 0) is 9.53 Å². The molecule has 3 heteroatoms. The zero-order chi connectivity index (χ0) is 14.1. The van der Waals surface area contributed by atoms with E-state index in [1.165, 1.54) is 6.08 Å². The Kier molecular flexibility index (Phi) is 6.61. The Morgan fingerprint density at radius 3 is 2.63 bits per heavy atom. The number of rotatable bonds is 6. The zero-order valence-corrected chi connectivity index (χ0v) is 11.3. The third-order valence-corrected chi connectivity index (χ3v) is 2.65. The predicted molar refractivity (Wildman–Crippen MR) is 76.4 cm³/mol. The fraction of sp³-hybridized carbons (Fsp3) is 0.312. The van der Waals surface area contributed by atoms with E-state index in [2.05, 4.69) is 0 Å². The standard InChI is InChI=1S/C16H20O3/c1-3-19-16(18)12-9-13(2)15(17)11-10-14-7-5-4-6-8-14/h4-13,15,17H,3H2,1-2H3/b11-10+,12-9+/t13-,15+/m0/s1. The first-order valence-corrected chi connectivity index (χ1v) is 6.39. The second kappa shape index (κ2) is 8.27. The molecule has 102 valence electrons. The van der Waals surface area contributed by atoms with Gasteiger partial charge in [0.2, 0.25) is 0 Å². The van der Waals surface area contributed by atoms with E-state index >= 15 is 0 Å². The van der Waals surface area contributed by atoms with Crippen LogP contribution in [0.5, 0.6) is 0 Å². The molecule has 0 aromatic heterocycles. The van der Waals surface area contributed by atoms with E-state index in [1.54, 1.807) is 19.1 Å². The van der Waals surface area contributed by atoms with Gasteiger partial charge in [-0.25, -0.2) is 4.79 Å². The maximum atomic E-state index is 11.1. The molecule has 1 aromatic carbocycles. The number of carbonyl (C=O) groups excluding carboxylic acids is 1. The predicted octanol–water partition coefficient (Wildman–Crippen LogP) is 2.82. The van der Waals surface area contributed by atoms with Gasteiger partial charge in [0.25, 0.3) is 0 Å². The van der Waals surface area contributed by atoms with Crippen LogP contribution < -0.4 is 0 Å². The fourth-order valence-corrected chi connectivity index (χ4v) is 1.48. The summed E-state index contributed by atoms with van der Waals surface area (Å²) in [5, 5.41) is 9.93. The van der Waals surface area contributed by atoms with Crippen LogP contribution in [-0.4, -0.2) is 23.8 Å². The lowest BCUT2D eigenvalue weighted by Crippen LogP contribution is -2.13. The molecule has 0 aliphatic heterocycles. The van der Waals surface area contributed by atoms with Crippen molar-refractivity contribution in [2.45, 2.75) is 20.0 Å². The first-order chi connectivity index (χ1) is 9.13. The molecule has 0 fully saturated rings. The summed E-state index contributed by atoms with van der Waals surface area (Å²) in [5.74, 6) is -0.530. The Balaban J connectivity index is 2.51. The van der Waals surface area contributed by atoms with Crippen LogP contribution >= 0.6 is 0 Å². The Labute approximate surface area is 114 Å². The molecule has 3 nitrogen and oxygen atoms in total. The van der Waals surface area contributed by atoms with E-state index in [4.69, 9.17) is 4.74 Å². The van der Waals surface area contributed by atoms with Crippen LogP contribution in [0.2, 0.25) is 0 Å². The van der Waals surface area contributed by atoms with Gasteiger partial charge in [-0.3, -0.25) is 0 Å². The lowest BCUT2D eigenvalue weighted by molar-refractivity contribution is -0.137. The maximum absolute atomic E-state index is 11.1. The summed E-state index contributed by atoms with van der Waals surface area (Å²) in [5.41, 5.74) is 1.03. The zero-order valence-electron chi connectivity index (χ0n) is 11.3. The average Bonchev–Trinajstić information content (AvgIpc) is 2.43. The van der Waals surface area contributed by atoms with E-state index in [0.717, 1.165) is 5.56 Å². The summed E-state index contributed by atoms with van der Waals surface area (Å²) in [4.78, 5) is 11.1. The molecule has 0 aliphatic rings. The summed E-state index contributed by atoms with van der Waals surface area (Å²) < 4.78 is 4.78. The third-order valence-electron chi connectivity index (χ3n) is 2.65. The summed E-state index contributed by atoms with van der Waals surface area (Å²) in [6.45, 7) is 3.95. The Morgan fingerprint density at radius 1 is 1.32 bits per heavy atom. The van der Waals surface area contributed by atoms with Crippen molar-refractivity contribution >= 4 is 12.0 Å². The van der Waals surface area contributed by atoms with Gasteiger partial charge in [0.1, 0.15) is 0 Å². The first-order valence-electron chi connectivity index (χ1n) is 6.39. The second-order valence-electron chi connectivity index (χ2n) is 4.23. The van der Waals surface area contributed by atoms with Gasteiger partial charge in [0, 0.05) is 12.0 Å². The minimum absolute atomic E-state index is 0.149. The number of aliphatic hydroxyl groups excluding tert-OH is 1.